The number of Topliss-reactive ketones (excluding diaryl/α,β-unsaturated/α-hetero) is 1. The zero-order valence-electron chi connectivity index (χ0n) is 11.0. The maximum absolute atomic E-state index is 12.8. The smallest absolute Gasteiger partial charge is 0.168 e. The Morgan fingerprint density at radius 1 is 0.950 bits per heavy atom. The van der Waals surface area contributed by atoms with Gasteiger partial charge in [0.1, 0.15) is 0 Å². The van der Waals surface area contributed by atoms with Gasteiger partial charge in [-0.2, -0.15) is 0 Å². The van der Waals surface area contributed by atoms with Crippen LogP contribution in [0.3, 0.4) is 0 Å². The topological polar surface area (TPSA) is 17.1 Å². The summed E-state index contributed by atoms with van der Waals surface area (Å²) in [5.74, 6) is 0.411. The lowest BCUT2D eigenvalue weighted by Crippen LogP contribution is -2.15. The fourth-order valence-electron chi connectivity index (χ4n) is 3.15. The molecule has 1 nitrogen and oxygen atoms in total. The Balaban J connectivity index is 1.71. The third kappa shape index (κ3) is 1.80. The molecule has 1 aromatic heterocycles. The zero-order chi connectivity index (χ0) is 13.5. The molecule has 1 aliphatic rings. The molecule has 0 saturated carbocycles. The van der Waals surface area contributed by atoms with Crippen molar-refractivity contribution in [2.45, 2.75) is 12.8 Å². The van der Waals surface area contributed by atoms with Crippen molar-refractivity contribution in [1.29, 1.82) is 0 Å². The third-order valence-corrected chi connectivity index (χ3v) is 5.13. The number of hydrogen-bond donors (Lipinski definition) is 0. The number of carbonyl (C=O) groups is 1. The van der Waals surface area contributed by atoms with Crippen molar-refractivity contribution in [3.63, 3.8) is 0 Å². The van der Waals surface area contributed by atoms with E-state index in [9.17, 15) is 4.79 Å². The van der Waals surface area contributed by atoms with Gasteiger partial charge in [0.15, 0.2) is 5.78 Å². The lowest BCUT2D eigenvalue weighted by atomic mass is 9.94. The molecule has 1 heterocycles. The molecule has 4 rings (SSSR count). The minimum atomic E-state index is 0.111. The Morgan fingerprint density at radius 3 is 2.45 bits per heavy atom. The first-order chi connectivity index (χ1) is 9.83. The quantitative estimate of drug-likeness (QED) is 0.631. The van der Waals surface area contributed by atoms with Gasteiger partial charge in [-0.25, -0.2) is 0 Å². The van der Waals surface area contributed by atoms with Crippen molar-refractivity contribution in [2.24, 2.45) is 5.92 Å². The summed E-state index contributed by atoms with van der Waals surface area (Å²) in [6.07, 6.45) is 1.77. The van der Waals surface area contributed by atoms with Gasteiger partial charge >= 0.3 is 0 Å². The van der Waals surface area contributed by atoms with Gasteiger partial charge in [0.25, 0.3) is 0 Å². The molecule has 0 saturated heterocycles. The van der Waals surface area contributed by atoms with Gasteiger partial charge in [-0.15, -0.1) is 11.3 Å². The van der Waals surface area contributed by atoms with Crippen LogP contribution in [0.2, 0.25) is 0 Å². The Bertz CT molecular complexity index is 775. The van der Waals surface area contributed by atoms with Gasteiger partial charge in [-0.1, -0.05) is 36.4 Å². The van der Waals surface area contributed by atoms with E-state index in [2.05, 4.69) is 41.8 Å². The summed E-state index contributed by atoms with van der Waals surface area (Å²) in [4.78, 5) is 12.8. The fourth-order valence-corrected chi connectivity index (χ4v) is 4.07. The lowest BCUT2D eigenvalue weighted by Gasteiger charge is -2.09. The van der Waals surface area contributed by atoms with Crippen LogP contribution in [0.25, 0.3) is 10.1 Å². The minimum Gasteiger partial charge on any atom is -0.294 e. The van der Waals surface area contributed by atoms with Gasteiger partial charge < -0.3 is 0 Å². The summed E-state index contributed by atoms with van der Waals surface area (Å²) in [5, 5.41) is 3.24. The van der Waals surface area contributed by atoms with Crippen LogP contribution in [0.5, 0.6) is 0 Å². The summed E-state index contributed by atoms with van der Waals surface area (Å²) in [6.45, 7) is 0. The molecule has 2 aromatic carbocycles. The van der Waals surface area contributed by atoms with E-state index in [-0.39, 0.29) is 5.92 Å². The molecular weight excluding hydrogens is 264 g/mol. The molecule has 98 valence electrons. The number of ketones is 1. The number of fused-ring (bicyclic) bond motifs is 2. The van der Waals surface area contributed by atoms with E-state index < -0.39 is 0 Å². The van der Waals surface area contributed by atoms with Crippen LogP contribution in [-0.2, 0) is 12.8 Å². The molecule has 0 N–H and O–H groups in total. The maximum Gasteiger partial charge on any atom is 0.168 e. The van der Waals surface area contributed by atoms with E-state index in [1.807, 2.05) is 12.1 Å². The fraction of sp³-hybridized carbons (Fsp3) is 0.167. The summed E-state index contributed by atoms with van der Waals surface area (Å²) >= 11 is 1.66. The van der Waals surface area contributed by atoms with Crippen LogP contribution < -0.4 is 0 Å². The van der Waals surface area contributed by atoms with Crippen molar-refractivity contribution >= 4 is 27.2 Å². The number of thiophene rings is 1. The Kier molecular flexibility index (Phi) is 2.71. The first-order valence-corrected chi connectivity index (χ1v) is 7.78. The number of carbonyl (C=O) groups excluding carboxylic acids is 1. The molecule has 1 aliphatic carbocycles. The van der Waals surface area contributed by atoms with Crippen LogP contribution in [0, 0.1) is 5.92 Å². The summed E-state index contributed by atoms with van der Waals surface area (Å²) < 4.78 is 1.13. The van der Waals surface area contributed by atoms with Crippen LogP contribution in [0.1, 0.15) is 21.5 Å². The molecular formula is C18H14OS. The molecule has 0 amide bonds. The number of rotatable bonds is 2. The lowest BCUT2D eigenvalue weighted by molar-refractivity contribution is 0.0926. The monoisotopic (exact) mass is 278 g/mol. The molecule has 3 aromatic rings. The van der Waals surface area contributed by atoms with E-state index in [0.29, 0.717) is 5.78 Å². The normalized spacial score (nSPS) is 14.6. The molecule has 2 heteroatoms. The van der Waals surface area contributed by atoms with Crippen LogP contribution in [-0.4, -0.2) is 5.78 Å². The maximum atomic E-state index is 12.8. The van der Waals surface area contributed by atoms with Crippen molar-refractivity contribution in [1.82, 2.24) is 0 Å². The second-order valence-electron chi connectivity index (χ2n) is 5.38. The zero-order valence-corrected chi connectivity index (χ0v) is 11.8. The first-order valence-electron chi connectivity index (χ1n) is 6.90. The molecule has 0 spiro atoms. The highest BCUT2D eigenvalue weighted by atomic mass is 32.1. The molecule has 0 atom stereocenters. The SMILES string of the molecule is O=C(c1cccc2ccsc12)C1Cc2ccccc2C1. The van der Waals surface area contributed by atoms with Gasteiger partial charge in [0.05, 0.1) is 0 Å². The second kappa shape index (κ2) is 4.57. The van der Waals surface area contributed by atoms with E-state index >= 15 is 0 Å². The average Bonchev–Trinajstić information content (AvgIpc) is 3.12. The largest absolute Gasteiger partial charge is 0.294 e. The van der Waals surface area contributed by atoms with Gasteiger partial charge in [0, 0.05) is 16.2 Å². The molecule has 0 unspecified atom stereocenters. The van der Waals surface area contributed by atoms with Crippen molar-refractivity contribution in [3.05, 3.63) is 70.6 Å². The molecule has 0 radical (unpaired) electrons. The van der Waals surface area contributed by atoms with Crippen LogP contribution in [0.15, 0.2) is 53.9 Å². The van der Waals surface area contributed by atoms with Gasteiger partial charge in [-0.3, -0.25) is 4.79 Å². The van der Waals surface area contributed by atoms with Crippen LogP contribution >= 0.6 is 11.3 Å². The van der Waals surface area contributed by atoms with E-state index in [4.69, 9.17) is 0 Å². The molecule has 0 fully saturated rings. The van der Waals surface area contributed by atoms with Gasteiger partial charge in [-0.05, 0) is 46.9 Å². The highest BCUT2D eigenvalue weighted by Gasteiger charge is 2.28. The molecule has 20 heavy (non-hydrogen) atoms. The Labute approximate surface area is 121 Å². The van der Waals surface area contributed by atoms with Crippen molar-refractivity contribution < 1.29 is 4.79 Å². The second-order valence-corrected chi connectivity index (χ2v) is 6.30. The Hall–Kier alpha value is -1.93. The first kappa shape index (κ1) is 11.9. The standard InChI is InChI=1S/C18H14OS/c19-17(15-10-13-4-1-2-5-14(13)11-15)16-7-3-6-12-8-9-20-18(12)16/h1-9,15H,10-11H2. The van der Waals surface area contributed by atoms with E-state index in [1.54, 1.807) is 11.3 Å². The number of benzene rings is 2. The predicted molar refractivity (Wildman–Crippen MR) is 83.5 cm³/mol. The highest BCUT2D eigenvalue weighted by molar-refractivity contribution is 7.17. The highest BCUT2D eigenvalue weighted by Crippen LogP contribution is 2.32. The van der Waals surface area contributed by atoms with Crippen LogP contribution in [0.4, 0.5) is 0 Å². The summed E-state index contributed by atoms with van der Waals surface area (Å²) in [5.41, 5.74) is 3.57. The number of hydrogen-bond acceptors (Lipinski definition) is 2. The van der Waals surface area contributed by atoms with Crippen molar-refractivity contribution in [2.75, 3.05) is 0 Å². The average molecular weight is 278 g/mol. The van der Waals surface area contributed by atoms with Crippen molar-refractivity contribution in [3.8, 4) is 0 Å². The van der Waals surface area contributed by atoms with Gasteiger partial charge in [0.2, 0.25) is 0 Å². The molecule has 0 aliphatic heterocycles. The minimum absolute atomic E-state index is 0.111. The third-order valence-electron chi connectivity index (χ3n) is 4.17. The van der Waals surface area contributed by atoms with E-state index in [1.165, 1.54) is 16.5 Å². The van der Waals surface area contributed by atoms with E-state index in [0.717, 1.165) is 23.1 Å². The summed E-state index contributed by atoms with van der Waals surface area (Å²) in [6, 6.07) is 16.5. The summed E-state index contributed by atoms with van der Waals surface area (Å²) in [7, 11) is 0. The molecule has 0 bridgehead atoms. The Morgan fingerprint density at radius 2 is 1.70 bits per heavy atom. The predicted octanol–water partition coefficient (Wildman–Crippen LogP) is 4.50.